The number of alkyl halides is 3. The van der Waals surface area contributed by atoms with Crippen LogP contribution in [-0.2, 0) is 6.18 Å². The summed E-state index contributed by atoms with van der Waals surface area (Å²) in [7, 11) is 0. The van der Waals surface area contributed by atoms with Crippen molar-refractivity contribution >= 4 is 22.4 Å². The van der Waals surface area contributed by atoms with E-state index >= 15 is 0 Å². The summed E-state index contributed by atoms with van der Waals surface area (Å²) in [4.78, 5) is 20.0. The number of amides is 1. The molecule has 0 aliphatic heterocycles. The number of halogens is 3. The molecular weight excluding hydrogens is 375 g/mol. The van der Waals surface area contributed by atoms with Gasteiger partial charge in [0.25, 0.3) is 5.91 Å². The molecule has 0 aliphatic carbocycles. The Labute approximate surface area is 158 Å². The van der Waals surface area contributed by atoms with Crippen molar-refractivity contribution in [3.05, 3.63) is 63.8 Å². The van der Waals surface area contributed by atoms with E-state index in [0.717, 1.165) is 46.3 Å². The lowest BCUT2D eigenvalue weighted by Crippen LogP contribution is -2.14. The number of thiazole rings is 1. The van der Waals surface area contributed by atoms with Gasteiger partial charge in [-0.05, 0) is 44.0 Å². The van der Waals surface area contributed by atoms with E-state index in [-0.39, 0.29) is 5.56 Å². The molecule has 0 atom stereocenters. The first-order chi connectivity index (χ1) is 12.6. The fourth-order valence-corrected chi connectivity index (χ4v) is 3.59. The zero-order valence-corrected chi connectivity index (χ0v) is 15.6. The van der Waals surface area contributed by atoms with Crippen LogP contribution >= 0.6 is 11.3 Å². The quantitative estimate of drug-likeness (QED) is 0.650. The number of nitrogens with one attached hydrogen (secondary N) is 1. The molecule has 0 saturated heterocycles. The van der Waals surface area contributed by atoms with Crippen LogP contribution in [-0.4, -0.2) is 15.9 Å². The Balaban J connectivity index is 1.79. The molecule has 1 N–H and O–H groups in total. The molecule has 1 aromatic carbocycles. The Bertz CT molecular complexity index is 971. The van der Waals surface area contributed by atoms with Gasteiger partial charge in [-0.25, -0.2) is 4.98 Å². The molecule has 0 saturated carbocycles. The van der Waals surface area contributed by atoms with E-state index in [1.165, 1.54) is 11.3 Å². The normalized spacial score (nSPS) is 11.5. The van der Waals surface area contributed by atoms with E-state index in [0.29, 0.717) is 5.13 Å². The minimum Gasteiger partial charge on any atom is -0.298 e. The summed E-state index contributed by atoms with van der Waals surface area (Å²) in [6, 6.07) is 6.00. The highest BCUT2D eigenvalue weighted by molar-refractivity contribution is 7.14. The molecule has 0 radical (unpaired) electrons. The highest BCUT2D eigenvalue weighted by Gasteiger charge is 2.32. The maximum absolute atomic E-state index is 12.6. The molecule has 4 nitrogen and oxygen atoms in total. The number of aromatic nitrogens is 2. The molecule has 0 aliphatic rings. The van der Waals surface area contributed by atoms with Crippen LogP contribution < -0.4 is 5.32 Å². The third kappa shape index (κ3) is 4.16. The number of hydrogen-bond donors (Lipinski definition) is 1. The van der Waals surface area contributed by atoms with E-state index in [2.05, 4.69) is 27.4 Å². The molecule has 1 amide bonds. The number of rotatable bonds is 3. The average Bonchev–Trinajstić information content (AvgIpc) is 3.01. The molecule has 27 heavy (non-hydrogen) atoms. The Morgan fingerprint density at radius 1 is 1.11 bits per heavy atom. The van der Waals surface area contributed by atoms with Gasteiger partial charge in [0.15, 0.2) is 5.13 Å². The summed E-state index contributed by atoms with van der Waals surface area (Å²) >= 11 is 1.25. The first kappa shape index (κ1) is 19.0. The molecular formula is C19H16F3N3OS. The van der Waals surface area contributed by atoms with E-state index < -0.39 is 17.8 Å². The Morgan fingerprint density at radius 3 is 2.33 bits per heavy atom. The third-order valence-electron chi connectivity index (χ3n) is 3.97. The second-order valence-electron chi connectivity index (χ2n) is 6.20. The van der Waals surface area contributed by atoms with E-state index in [9.17, 15) is 18.0 Å². The van der Waals surface area contributed by atoms with Gasteiger partial charge in [0.05, 0.1) is 11.3 Å². The summed E-state index contributed by atoms with van der Waals surface area (Å²) < 4.78 is 37.7. The molecule has 0 unspecified atom stereocenters. The highest BCUT2D eigenvalue weighted by Crippen LogP contribution is 2.31. The SMILES string of the molecule is Cc1cc(C)c(-c2csc(NC(=O)c3ccc(C(F)(F)F)nc3)n2)c(C)c1. The zero-order chi connectivity index (χ0) is 19.8. The Kier molecular flexibility index (Phi) is 5.01. The van der Waals surface area contributed by atoms with Crippen molar-refractivity contribution in [3.8, 4) is 11.3 Å². The number of benzene rings is 1. The number of anilines is 1. The predicted octanol–water partition coefficient (Wildman–Crippen LogP) is 5.40. The van der Waals surface area contributed by atoms with Crippen LogP contribution in [0.25, 0.3) is 11.3 Å². The van der Waals surface area contributed by atoms with E-state index in [1.54, 1.807) is 0 Å². The lowest BCUT2D eigenvalue weighted by molar-refractivity contribution is -0.141. The van der Waals surface area contributed by atoms with Crippen LogP contribution in [0.3, 0.4) is 0 Å². The standard InChI is InChI=1S/C19H16F3N3OS/c1-10-6-11(2)16(12(3)7-10)14-9-27-18(24-14)25-17(26)13-4-5-15(23-8-13)19(20,21)22/h4-9H,1-3H3,(H,24,25,26). The Morgan fingerprint density at radius 2 is 1.78 bits per heavy atom. The van der Waals surface area contributed by atoms with Crippen LogP contribution in [0, 0.1) is 20.8 Å². The van der Waals surface area contributed by atoms with Crippen LogP contribution in [0.2, 0.25) is 0 Å². The number of carbonyl (C=O) groups is 1. The smallest absolute Gasteiger partial charge is 0.298 e. The van der Waals surface area contributed by atoms with Gasteiger partial charge in [-0.2, -0.15) is 13.2 Å². The zero-order valence-electron chi connectivity index (χ0n) is 14.8. The molecule has 0 spiro atoms. The van der Waals surface area contributed by atoms with Gasteiger partial charge in [-0.15, -0.1) is 11.3 Å². The third-order valence-corrected chi connectivity index (χ3v) is 4.73. The van der Waals surface area contributed by atoms with Crippen molar-refractivity contribution in [2.75, 3.05) is 5.32 Å². The van der Waals surface area contributed by atoms with Crippen LogP contribution in [0.1, 0.15) is 32.7 Å². The monoisotopic (exact) mass is 391 g/mol. The first-order valence-corrected chi connectivity index (χ1v) is 8.91. The van der Waals surface area contributed by atoms with Gasteiger partial charge >= 0.3 is 6.18 Å². The van der Waals surface area contributed by atoms with E-state index in [4.69, 9.17) is 0 Å². The molecule has 8 heteroatoms. The van der Waals surface area contributed by atoms with Gasteiger partial charge in [-0.1, -0.05) is 17.7 Å². The summed E-state index contributed by atoms with van der Waals surface area (Å²) in [5.74, 6) is -0.561. The lowest BCUT2D eigenvalue weighted by Gasteiger charge is -2.09. The molecule has 140 valence electrons. The second kappa shape index (κ2) is 7.11. The highest BCUT2D eigenvalue weighted by atomic mass is 32.1. The topological polar surface area (TPSA) is 54.9 Å². The van der Waals surface area contributed by atoms with Gasteiger partial charge in [0.1, 0.15) is 5.69 Å². The molecule has 0 bridgehead atoms. The summed E-state index contributed by atoms with van der Waals surface area (Å²) in [5, 5.41) is 4.81. The van der Waals surface area contributed by atoms with Crippen LogP contribution in [0.15, 0.2) is 35.8 Å². The maximum atomic E-state index is 12.6. The van der Waals surface area contributed by atoms with Crippen molar-refractivity contribution in [1.29, 1.82) is 0 Å². The fourth-order valence-electron chi connectivity index (χ4n) is 2.90. The van der Waals surface area contributed by atoms with Gasteiger partial charge in [0.2, 0.25) is 0 Å². The number of carbonyl (C=O) groups excluding carboxylic acids is 1. The van der Waals surface area contributed by atoms with Crippen LogP contribution in [0.5, 0.6) is 0 Å². The average molecular weight is 391 g/mol. The number of aryl methyl sites for hydroxylation is 3. The first-order valence-electron chi connectivity index (χ1n) is 8.03. The molecule has 0 fully saturated rings. The second-order valence-corrected chi connectivity index (χ2v) is 7.05. The van der Waals surface area contributed by atoms with Crippen molar-refractivity contribution < 1.29 is 18.0 Å². The summed E-state index contributed by atoms with van der Waals surface area (Å²) in [6.07, 6.45) is -3.64. The summed E-state index contributed by atoms with van der Waals surface area (Å²) in [5.41, 5.74) is 4.07. The largest absolute Gasteiger partial charge is 0.433 e. The van der Waals surface area contributed by atoms with Crippen molar-refractivity contribution in [2.24, 2.45) is 0 Å². The summed E-state index contributed by atoms with van der Waals surface area (Å²) in [6.45, 7) is 6.02. The van der Waals surface area contributed by atoms with Crippen molar-refractivity contribution in [1.82, 2.24) is 9.97 Å². The maximum Gasteiger partial charge on any atom is 0.433 e. The molecule has 3 aromatic rings. The van der Waals surface area contributed by atoms with Crippen molar-refractivity contribution in [2.45, 2.75) is 26.9 Å². The number of nitrogens with zero attached hydrogens (tertiary/aromatic N) is 2. The minimum absolute atomic E-state index is 0.0300. The molecule has 2 heterocycles. The van der Waals surface area contributed by atoms with Gasteiger partial charge < -0.3 is 0 Å². The van der Waals surface area contributed by atoms with Crippen LogP contribution in [0.4, 0.5) is 18.3 Å². The van der Waals surface area contributed by atoms with Gasteiger partial charge in [0, 0.05) is 17.1 Å². The predicted molar refractivity (Wildman–Crippen MR) is 99.0 cm³/mol. The molecule has 2 aromatic heterocycles. The van der Waals surface area contributed by atoms with E-state index in [1.807, 2.05) is 26.2 Å². The number of pyridine rings is 1. The Hall–Kier alpha value is -2.74. The number of hydrogen-bond acceptors (Lipinski definition) is 4. The molecule has 3 rings (SSSR count). The lowest BCUT2D eigenvalue weighted by atomic mass is 9.98. The van der Waals surface area contributed by atoms with Crippen molar-refractivity contribution in [3.63, 3.8) is 0 Å². The minimum atomic E-state index is -4.54. The van der Waals surface area contributed by atoms with Gasteiger partial charge in [-0.3, -0.25) is 15.1 Å². The fraction of sp³-hybridized carbons (Fsp3) is 0.211.